The van der Waals surface area contributed by atoms with Crippen molar-refractivity contribution in [2.75, 3.05) is 13.7 Å². The molecule has 18 heavy (non-hydrogen) atoms. The summed E-state index contributed by atoms with van der Waals surface area (Å²) in [6, 6.07) is 8.27. The molecule has 0 bridgehead atoms. The van der Waals surface area contributed by atoms with E-state index in [4.69, 9.17) is 10.5 Å². The minimum absolute atomic E-state index is 0.155. The van der Waals surface area contributed by atoms with E-state index in [9.17, 15) is 4.79 Å². The van der Waals surface area contributed by atoms with Crippen LogP contribution in [-0.2, 0) is 11.3 Å². The molecule has 1 aromatic carbocycles. The smallest absolute Gasteiger partial charge is 0.224 e. The second-order valence-electron chi connectivity index (χ2n) is 4.64. The Morgan fingerprint density at radius 3 is 2.89 bits per heavy atom. The molecule has 0 radical (unpaired) electrons. The van der Waals surface area contributed by atoms with E-state index in [1.54, 1.807) is 7.11 Å². The van der Waals surface area contributed by atoms with Gasteiger partial charge in [0, 0.05) is 25.6 Å². The van der Waals surface area contributed by atoms with Gasteiger partial charge in [-0.15, -0.1) is 0 Å². The van der Waals surface area contributed by atoms with Crippen LogP contribution < -0.4 is 10.5 Å². The van der Waals surface area contributed by atoms with Crippen LogP contribution in [0.4, 0.5) is 0 Å². The number of nitrogens with two attached hydrogens (primary N) is 1. The summed E-state index contributed by atoms with van der Waals surface area (Å²) in [7, 11) is 1.65. The first-order chi connectivity index (χ1) is 8.74. The molecule has 1 aliphatic rings. The predicted molar refractivity (Wildman–Crippen MR) is 70.2 cm³/mol. The molecule has 98 valence electrons. The third kappa shape index (κ3) is 3.23. The first-order valence-electron chi connectivity index (χ1n) is 6.37. The van der Waals surface area contributed by atoms with Crippen molar-refractivity contribution in [1.82, 2.24) is 4.90 Å². The molecule has 4 heteroatoms. The quantitative estimate of drug-likeness (QED) is 0.830. The summed E-state index contributed by atoms with van der Waals surface area (Å²) in [5, 5.41) is 0. The Kier molecular flexibility index (Phi) is 4.20. The first-order valence-corrected chi connectivity index (χ1v) is 6.37. The fourth-order valence-electron chi connectivity index (χ4n) is 2.04. The van der Waals surface area contributed by atoms with Gasteiger partial charge in [-0.3, -0.25) is 4.79 Å². The maximum atomic E-state index is 12.0. The van der Waals surface area contributed by atoms with Gasteiger partial charge in [0.25, 0.3) is 0 Å². The van der Waals surface area contributed by atoms with E-state index in [0.717, 1.165) is 24.2 Å². The maximum absolute atomic E-state index is 12.0. The number of carbonyl (C=O) groups is 1. The number of amides is 1. The highest BCUT2D eigenvalue weighted by Gasteiger charge is 2.31. The Balaban J connectivity index is 2.05. The van der Waals surface area contributed by atoms with Gasteiger partial charge in [0.05, 0.1) is 7.11 Å². The molecule has 1 aliphatic carbocycles. The van der Waals surface area contributed by atoms with E-state index in [2.05, 4.69) is 0 Å². The third-order valence-electron chi connectivity index (χ3n) is 3.15. The Morgan fingerprint density at radius 2 is 2.28 bits per heavy atom. The lowest BCUT2D eigenvalue weighted by Gasteiger charge is -2.22. The maximum Gasteiger partial charge on any atom is 0.224 e. The Labute approximate surface area is 108 Å². The van der Waals surface area contributed by atoms with E-state index in [1.807, 2.05) is 29.2 Å². The minimum atomic E-state index is 0.155. The second-order valence-corrected chi connectivity index (χ2v) is 4.64. The van der Waals surface area contributed by atoms with Crippen LogP contribution in [-0.4, -0.2) is 30.5 Å². The number of hydrogen-bond donors (Lipinski definition) is 1. The lowest BCUT2D eigenvalue weighted by Crippen LogP contribution is -2.33. The zero-order valence-electron chi connectivity index (χ0n) is 10.8. The molecule has 2 N–H and O–H groups in total. The number of methoxy groups -OCH3 is 1. The fraction of sp³-hybridized carbons (Fsp3) is 0.500. The summed E-state index contributed by atoms with van der Waals surface area (Å²) in [5.74, 6) is 0.984. The third-order valence-corrected chi connectivity index (χ3v) is 3.15. The highest BCUT2D eigenvalue weighted by Crippen LogP contribution is 2.29. The van der Waals surface area contributed by atoms with E-state index < -0.39 is 0 Å². The molecule has 2 rings (SSSR count). The lowest BCUT2D eigenvalue weighted by atomic mass is 10.2. The van der Waals surface area contributed by atoms with Gasteiger partial charge < -0.3 is 15.4 Å². The van der Waals surface area contributed by atoms with Crippen molar-refractivity contribution in [3.8, 4) is 5.75 Å². The molecular weight excluding hydrogens is 228 g/mol. The molecule has 1 saturated carbocycles. The SMILES string of the molecule is COc1cccc(CN(C(=O)CCN)C2CC2)c1. The van der Waals surface area contributed by atoms with Gasteiger partial charge >= 0.3 is 0 Å². The molecule has 1 fully saturated rings. The van der Waals surface area contributed by atoms with Crippen LogP contribution in [0.3, 0.4) is 0 Å². The number of rotatable bonds is 6. The standard InChI is InChI=1S/C14H20N2O2/c1-18-13-4-2-3-11(9-13)10-16(12-5-6-12)14(17)7-8-15/h2-4,9,12H,5-8,10,15H2,1H3. The zero-order chi connectivity index (χ0) is 13.0. The summed E-state index contributed by atoms with van der Waals surface area (Å²) >= 11 is 0. The molecule has 0 atom stereocenters. The topological polar surface area (TPSA) is 55.6 Å². The van der Waals surface area contributed by atoms with E-state index >= 15 is 0 Å². The van der Waals surface area contributed by atoms with Crippen LogP contribution in [0.15, 0.2) is 24.3 Å². The molecule has 0 aromatic heterocycles. The highest BCUT2D eigenvalue weighted by atomic mass is 16.5. The normalized spacial score (nSPS) is 14.3. The Morgan fingerprint density at radius 1 is 1.50 bits per heavy atom. The van der Waals surface area contributed by atoms with Crippen LogP contribution in [0.1, 0.15) is 24.8 Å². The van der Waals surface area contributed by atoms with Crippen molar-refractivity contribution >= 4 is 5.91 Å². The molecule has 0 unspecified atom stereocenters. The van der Waals surface area contributed by atoms with Crippen molar-refractivity contribution in [3.05, 3.63) is 29.8 Å². The van der Waals surface area contributed by atoms with Crippen molar-refractivity contribution in [2.45, 2.75) is 31.8 Å². The number of benzene rings is 1. The number of nitrogens with zero attached hydrogens (tertiary/aromatic N) is 1. The summed E-state index contributed by atoms with van der Waals surface area (Å²) in [6.45, 7) is 1.07. The molecular formula is C14H20N2O2. The Hall–Kier alpha value is -1.55. The number of ether oxygens (including phenoxy) is 1. The molecule has 0 saturated heterocycles. The van der Waals surface area contributed by atoms with Crippen LogP contribution in [0.5, 0.6) is 5.75 Å². The van der Waals surface area contributed by atoms with E-state index in [-0.39, 0.29) is 5.91 Å². The van der Waals surface area contributed by atoms with Crippen molar-refractivity contribution in [1.29, 1.82) is 0 Å². The Bertz CT molecular complexity index is 416. The van der Waals surface area contributed by atoms with E-state index in [1.165, 1.54) is 0 Å². The molecule has 1 amide bonds. The summed E-state index contributed by atoms with van der Waals surface area (Å²) < 4.78 is 5.20. The summed E-state index contributed by atoms with van der Waals surface area (Å²) in [5.41, 5.74) is 6.56. The van der Waals surface area contributed by atoms with Crippen molar-refractivity contribution in [2.24, 2.45) is 5.73 Å². The lowest BCUT2D eigenvalue weighted by molar-refractivity contribution is -0.132. The largest absolute Gasteiger partial charge is 0.497 e. The van der Waals surface area contributed by atoms with Crippen molar-refractivity contribution in [3.63, 3.8) is 0 Å². The first kappa shape index (κ1) is 12.9. The van der Waals surface area contributed by atoms with Crippen LogP contribution in [0.2, 0.25) is 0 Å². The molecule has 1 aromatic rings. The average molecular weight is 248 g/mol. The second kappa shape index (κ2) is 5.87. The summed E-state index contributed by atoms with van der Waals surface area (Å²) in [4.78, 5) is 13.9. The predicted octanol–water partition coefficient (Wildman–Crippen LogP) is 1.53. The average Bonchev–Trinajstić information content (AvgIpc) is 3.20. The van der Waals surface area contributed by atoms with Crippen LogP contribution in [0.25, 0.3) is 0 Å². The number of carbonyl (C=O) groups excluding carboxylic acids is 1. The highest BCUT2D eigenvalue weighted by molar-refractivity contribution is 5.77. The van der Waals surface area contributed by atoms with Gasteiger partial charge in [0.2, 0.25) is 5.91 Å². The van der Waals surface area contributed by atoms with Gasteiger partial charge in [-0.2, -0.15) is 0 Å². The monoisotopic (exact) mass is 248 g/mol. The minimum Gasteiger partial charge on any atom is -0.497 e. The van der Waals surface area contributed by atoms with Gasteiger partial charge in [0.15, 0.2) is 0 Å². The van der Waals surface area contributed by atoms with Gasteiger partial charge in [-0.05, 0) is 30.5 Å². The zero-order valence-corrected chi connectivity index (χ0v) is 10.8. The molecule has 0 spiro atoms. The molecule has 4 nitrogen and oxygen atoms in total. The van der Waals surface area contributed by atoms with E-state index in [0.29, 0.717) is 25.6 Å². The van der Waals surface area contributed by atoms with Gasteiger partial charge in [0.1, 0.15) is 5.75 Å². The van der Waals surface area contributed by atoms with Crippen molar-refractivity contribution < 1.29 is 9.53 Å². The van der Waals surface area contributed by atoms with Gasteiger partial charge in [-0.1, -0.05) is 12.1 Å². The fourth-order valence-corrected chi connectivity index (χ4v) is 2.04. The molecule has 0 heterocycles. The summed E-state index contributed by atoms with van der Waals surface area (Å²) in [6.07, 6.45) is 2.65. The van der Waals surface area contributed by atoms with Gasteiger partial charge in [-0.25, -0.2) is 0 Å². The van der Waals surface area contributed by atoms with Crippen LogP contribution in [0, 0.1) is 0 Å². The molecule has 0 aliphatic heterocycles. The number of hydrogen-bond acceptors (Lipinski definition) is 3. The van der Waals surface area contributed by atoms with Crippen LogP contribution >= 0.6 is 0 Å².